The van der Waals surface area contributed by atoms with Crippen molar-refractivity contribution in [1.82, 2.24) is 4.57 Å². The molecule has 0 aliphatic heterocycles. The van der Waals surface area contributed by atoms with E-state index in [1.54, 1.807) is 0 Å². The molecule has 0 amide bonds. The Bertz CT molecular complexity index is 2400. The molecule has 0 fully saturated rings. The van der Waals surface area contributed by atoms with Gasteiger partial charge in [-0.3, -0.25) is 0 Å². The molecule has 43 heavy (non-hydrogen) atoms. The van der Waals surface area contributed by atoms with Crippen molar-refractivity contribution in [3.8, 4) is 27.9 Å². The molecule has 1 unspecified atom stereocenters. The molecule has 206 valence electrons. The van der Waals surface area contributed by atoms with E-state index in [1.165, 1.54) is 55.2 Å². The Hall–Kier alpha value is -5.08. The summed E-state index contributed by atoms with van der Waals surface area (Å²) in [4.78, 5) is 0. The molecule has 2 heteroatoms. The van der Waals surface area contributed by atoms with Crippen molar-refractivity contribution in [3.05, 3.63) is 139 Å². The monoisotopic (exact) mass is 553 g/mol. The van der Waals surface area contributed by atoms with Gasteiger partial charge in [0.1, 0.15) is 5.58 Å². The molecule has 1 aliphatic carbocycles. The summed E-state index contributed by atoms with van der Waals surface area (Å²) in [5, 5.41) is 4.78. The van der Waals surface area contributed by atoms with Crippen LogP contribution in [0.5, 0.6) is 0 Å². The first-order valence-corrected chi connectivity index (χ1v) is 15.2. The maximum Gasteiger partial charge on any atom is 0.159 e. The lowest BCUT2D eigenvalue weighted by atomic mass is 9.71. The molecule has 8 aromatic rings. The zero-order valence-electron chi connectivity index (χ0n) is 24.6. The lowest BCUT2D eigenvalue weighted by Crippen LogP contribution is -2.27. The Morgan fingerprint density at radius 3 is 2.14 bits per heavy atom. The summed E-state index contributed by atoms with van der Waals surface area (Å²) in [6.45, 7) is 7.12. The van der Waals surface area contributed by atoms with Crippen molar-refractivity contribution in [1.29, 1.82) is 0 Å². The minimum absolute atomic E-state index is 0.0205. The van der Waals surface area contributed by atoms with Crippen molar-refractivity contribution in [2.45, 2.75) is 26.2 Å². The molecule has 0 bridgehead atoms. The fourth-order valence-corrected chi connectivity index (χ4v) is 7.75. The lowest BCUT2D eigenvalue weighted by molar-refractivity contribution is 0.414. The first-order chi connectivity index (χ1) is 21.1. The van der Waals surface area contributed by atoms with Crippen LogP contribution in [0.25, 0.3) is 71.7 Å². The molecule has 9 rings (SSSR count). The van der Waals surface area contributed by atoms with Crippen LogP contribution in [0.15, 0.2) is 132 Å². The van der Waals surface area contributed by atoms with Crippen LogP contribution >= 0.6 is 0 Å². The topological polar surface area (TPSA) is 18.1 Å². The number of para-hydroxylation sites is 3. The van der Waals surface area contributed by atoms with E-state index in [4.69, 9.17) is 4.42 Å². The van der Waals surface area contributed by atoms with Crippen LogP contribution in [0.2, 0.25) is 0 Å². The van der Waals surface area contributed by atoms with E-state index in [2.05, 4.69) is 147 Å². The molecule has 2 nitrogen and oxygen atoms in total. The van der Waals surface area contributed by atoms with Gasteiger partial charge in [0, 0.05) is 27.0 Å². The van der Waals surface area contributed by atoms with Crippen LogP contribution in [-0.2, 0) is 5.41 Å². The van der Waals surface area contributed by atoms with Gasteiger partial charge in [-0.2, -0.15) is 0 Å². The standard InChI is InChI=1S/C41H31NO/c1-25(2)41(3)33-17-7-4-14-31(33)39-27(15-10-18-34(39)41)26-22-23-36-32(24-26)28-12-5-8-19-35(28)42(36)37-20-11-16-30-29-13-6-9-21-38(29)43-40(30)37/h4-25H,1-3H3. The van der Waals surface area contributed by atoms with Gasteiger partial charge in [0.15, 0.2) is 5.58 Å². The summed E-state index contributed by atoms with van der Waals surface area (Å²) in [5.74, 6) is 0.478. The van der Waals surface area contributed by atoms with E-state index in [1.807, 2.05) is 6.07 Å². The number of fused-ring (bicyclic) bond motifs is 9. The Labute approximate surface area is 250 Å². The smallest absolute Gasteiger partial charge is 0.159 e. The number of benzene rings is 6. The average Bonchev–Trinajstić information content (AvgIpc) is 3.68. The van der Waals surface area contributed by atoms with E-state index in [0.29, 0.717) is 5.92 Å². The van der Waals surface area contributed by atoms with Gasteiger partial charge < -0.3 is 8.98 Å². The van der Waals surface area contributed by atoms with Crippen LogP contribution in [-0.4, -0.2) is 4.57 Å². The first-order valence-electron chi connectivity index (χ1n) is 15.2. The van der Waals surface area contributed by atoms with Crippen molar-refractivity contribution in [2.75, 3.05) is 0 Å². The molecular formula is C41H31NO. The van der Waals surface area contributed by atoms with Crippen molar-refractivity contribution < 1.29 is 4.42 Å². The minimum Gasteiger partial charge on any atom is -0.454 e. The molecule has 0 spiro atoms. The predicted octanol–water partition coefficient (Wildman–Crippen LogP) is 11.3. The molecule has 2 aromatic heterocycles. The number of hydrogen-bond donors (Lipinski definition) is 0. The molecule has 6 aromatic carbocycles. The maximum atomic E-state index is 6.50. The Kier molecular flexibility index (Phi) is 4.97. The summed E-state index contributed by atoms with van der Waals surface area (Å²) in [6.07, 6.45) is 0. The number of rotatable bonds is 3. The Morgan fingerprint density at radius 2 is 1.26 bits per heavy atom. The molecule has 0 saturated heterocycles. The second-order valence-electron chi connectivity index (χ2n) is 12.5. The largest absolute Gasteiger partial charge is 0.454 e. The quantitative estimate of drug-likeness (QED) is 0.213. The summed E-state index contributed by atoms with van der Waals surface area (Å²) in [5.41, 5.74) is 13.4. The summed E-state index contributed by atoms with van der Waals surface area (Å²) in [7, 11) is 0. The van der Waals surface area contributed by atoms with Crippen LogP contribution in [0.3, 0.4) is 0 Å². The van der Waals surface area contributed by atoms with Crippen molar-refractivity contribution in [3.63, 3.8) is 0 Å². The van der Waals surface area contributed by atoms with Crippen LogP contribution in [0, 0.1) is 5.92 Å². The number of nitrogens with zero attached hydrogens (tertiary/aromatic N) is 1. The molecule has 1 aliphatic rings. The highest BCUT2D eigenvalue weighted by Gasteiger charge is 2.42. The highest BCUT2D eigenvalue weighted by atomic mass is 16.3. The number of furan rings is 1. The average molecular weight is 554 g/mol. The fraction of sp³-hybridized carbons (Fsp3) is 0.122. The highest BCUT2D eigenvalue weighted by Crippen LogP contribution is 2.55. The van der Waals surface area contributed by atoms with Gasteiger partial charge in [0.2, 0.25) is 0 Å². The second kappa shape index (κ2) is 8.72. The third-order valence-corrected chi connectivity index (χ3v) is 10.1. The molecule has 0 saturated carbocycles. The predicted molar refractivity (Wildman–Crippen MR) is 180 cm³/mol. The zero-order valence-corrected chi connectivity index (χ0v) is 24.6. The van der Waals surface area contributed by atoms with E-state index in [0.717, 1.165) is 27.6 Å². The van der Waals surface area contributed by atoms with Gasteiger partial charge in [-0.15, -0.1) is 0 Å². The van der Waals surface area contributed by atoms with E-state index >= 15 is 0 Å². The lowest BCUT2D eigenvalue weighted by Gasteiger charge is -2.32. The molecule has 1 atom stereocenters. The molecule has 2 heterocycles. The maximum absolute atomic E-state index is 6.50. The first kappa shape index (κ1) is 24.5. The highest BCUT2D eigenvalue weighted by molar-refractivity contribution is 6.13. The van der Waals surface area contributed by atoms with Gasteiger partial charge >= 0.3 is 0 Å². The van der Waals surface area contributed by atoms with Gasteiger partial charge in [-0.25, -0.2) is 0 Å². The summed E-state index contributed by atoms with van der Waals surface area (Å²) >= 11 is 0. The number of aromatic nitrogens is 1. The van der Waals surface area contributed by atoms with Crippen LogP contribution < -0.4 is 0 Å². The van der Waals surface area contributed by atoms with Crippen molar-refractivity contribution >= 4 is 43.7 Å². The zero-order chi connectivity index (χ0) is 28.9. The van der Waals surface area contributed by atoms with Crippen LogP contribution in [0.1, 0.15) is 31.9 Å². The van der Waals surface area contributed by atoms with E-state index in [-0.39, 0.29) is 5.41 Å². The molecular weight excluding hydrogens is 522 g/mol. The van der Waals surface area contributed by atoms with Crippen molar-refractivity contribution in [2.24, 2.45) is 5.92 Å². The third kappa shape index (κ3) is 3.18. The number of hydrogen-bond acceptors (Lipinski definition) is 1. The Balaban J connectivity index is 1.32. The van der Waals surface area contributed by atoms with Gasteiger partial charge in [-0.1, -0.05) is 118 Å². The Morgan fingerprint density at radius 1 is 0.581 bits per heavy atom. The van der Waals surface area contributed by atoms with Crippen LogP contribution in [0.4, 0.5) is 0 Å². The third-order valence-electron chi connectivity index (χ3n) is 10.1. The van der Waals surface area contributed by atoms with E-state index in [9.17, 15) is 0 Å². The minimum atomic E-state index is -0.0205. The second-order valence-corrected chi connectivity index (χ2v) is 12.5. The molecule has 0 N–H and O–H groups in total. The summed E-state index contributed by atoms with van der Waals surface area (Å²) in [6, 6.07) is 46.4. The van der Waals surface area contributed by atoms with Gasteiger partial charge in [0.25, 0.3) is 0 Å². The summed E-state index contributed by atoms with van der Waals surface area (Å²) < 4.78 is 8.87. The van der Waals surface area contributed by atoms with Gasteiger partial charge in [0.05, 0.1) is 16.7 Å². The van der Waals surface area contributed by atoms with Gasteiger partial charge in [-0.05, 0) is 69.6 Å². The molecule has 0 radical (unpaired) electrons. The fourth-order valence-electron chi connectivity index (χ4n) is 7.75. The normalized spacial score (nSPS) is 16.1. The SMILES string of the molecule is CC(C)C1(C)c2ccccc2-c2c(-c3ccc4c(c3)c3ccccc3n4-c3cccc4c3oc3ccccc34)cccc21. The van der Waals surface area contributed by atoms with E-state index < -0.39 is 0 Å².